The molecule has 1 fully saturated rings. The zero-order chi connectivity index (χ0) is 31.5. The number of nitrogens with one attached hydrogen (secondary N) is 2. The van der Waals surface area contributed by atoms with Gasteiger partial charge in [0.15, 0.2) is 15.6 Å². The minimum atomic E-state index is -4.41. The van der Waals surface area contributed by atoms with E-state index in [0.29, 0.717) is 0 Å². The van der Waals surface area contributed by atoms with Crippen molar-refractivity contribution in [1.82, 2.24) is 14.9 Å². The third-order valence-electron chi connectivity index (χ3n) is 6.52. The van der Waals surface area contributed by atoms with E-state index in [2.05, 4.69) is 10.0 Å². The first-order chi connectivity index (χ1) is 19.3. The fourth-order valence-electron chi connectivity index (χ4n) is 4.44. The molecular formula is C27H36FN3O9S2. The van der Waals surface area contributed by atoms with Gasteiger partial charge in [0.1, 0.15) is 23.2 Å². The number of carbonyl (C=O) groups excluding carboxylic acids is 3. The molecule has 15 heteroatoms. The third-order valence-corrected chi connectivity index (χ3v) is 9.67. The summed E-state index contributed by atoms with van der Waals surface area (Å²) < 4.78 is 77.8. The maximum absolute atomic E-state index is 14.0. The number of rotatable bonds is 9. The molecule has 0 bridgehead atoms. The second-order valence-electron chi connectivity index (χ2n) is 11.4. The highest BCUT2D eigenvalue weighted by atomic mass is 32.2. The number of ketones is 1. The molecule has 232 valence electrons. The predicted octanol–water partition coefficient (Wildman–Crippen LogP) is 1.69. The average Bonchev–Trinajstić information content (AvgIpc) is 2.87. The fraction of sp³-hybridized carbons (Fsp3) is 0.519. The first kappa shape index (κ1) is 33.4. The van der Waals surface area contributed by atoms with Crippen molar-refractivity contribution in [1.29, 1.82) is 0 Å². The minimum absolute atomic E-state index is 0.0345. The van der Waals surface area contributed by atoms with Crippen LogP contribution in [0, 0.1) is 11.2 Å². The molecule has 0 radical (unpaired) electrons. The molecule has 1 aromatic rings. The molecular weight excluding hydrogens is 593 g/mol. The normalized spacial score (nSPS) is 22.9. The van der Waals surface area contributed by atoms with Gasteiger partial charge in [-0.2, -0.15) is 4.72 Å². The van der Waals surface area contributed by atoms with Gasteiger partial charge in [-0.05, 0) is 70.0 Å². The zero-order valence-corrected chi connectivity index (χ0v) is 25.7. The summed E-state index contributed by atoms with van der Waals surface area (Å²) in [6.07, 6.45) is 2.90. The number of hydrogen-bond donors (Lipinski definition) is 2. The molecule has 2 unspecified atom stereocenters. The van der Waals surface area contributed by atoms with E-state index in [0.717, 1.165) is 24.3 Å². The van der Waals surface area contributed by atoms with Gasteiger partial charge in [0, 0.05) is 20.6 Å². The Kier molecular flexibility index (Phi) is 10.0. The second-order valence-corrected chi connectivity index (χ2v) is 15.4. The van der Waals surface area contributed by atoms with Crippen LogP contribution in [-0.2, 0) is 38.9 Å². The van der Waals surface area contributed by atoms with Crippen LogP contribution in [0.2, 0.25) is 0 Å². The molecule has 3 atom stereocenters. The lowest BCUT2D eigenvalue weighted by atomic mass is 9.71. The van der Waals surface area contributed by atoms with Crippen LogP contribution < -0.4 is 10.0 Å². The molecule has 42 heavy (non-hydrogen) atoms. The molecule has 1 aliphatic heterocycles. The van der Waals surface area contributed by atoms with Crippen LogP contribution in [0.1, 0.15) is 33.6 Å². The van der Waals surface area contributed by atoms with Gasteiger partial charge >= 0.3 is 12.1 Å². The molecule has 1 amide bonds. The first-order valence-electron chi connectivity index (χ1n) is 13.1. The largest absolute Gasteiger partial charge is 0.459 e. The Hall–Kier alpha value is -3.14. The summed E-state index contributed by atoms with van der Waals surface area (Å²) >= 11 is 0. The summed E-state index contributed by atoms with van der Waals surface area (Å²) in [5, 5.41) is 2.91. The van der Waals surface area contributed by atoms with E-state index in [1.165, 1.54) is 37.2 Å². The summed E-state index contributed by atoms with van der Waals surface area (Å²) in [6.45, 7) is 4.79. The number of hydrogen-bond acceptors (Lipinski definition) is 10. The highest BCUT2D eigenvalue weighted by Crippen LogP contribution is 2.38. The number of amides is 1. The van der Waals surface area contributed by atoms with E-state index in [-0.39, 0.29) is 29.4 Å². The van der Waals surface area contributed by atoms with E-state index in [1.54, 1.807) is 20.8 Å². The molecule has 0 aromatic heterocycles. The number of nitrogens with zero attached hydrogens (tertiary/aromatic N) is 1. The van der Waals surface area contributed by atoms with E-state index >= 15 is 0 Å². The van der Waals surface area contributed by atoms with Crippen LogP contribution in [-0.4, -0.2) is 89.4 Å². The van der Waals surface area contributed by atoms with Crippen LogP contribution in [0.4, 0.5) is 9.18 Å². The number of carbonyl (C=O) groups is 3. The monoisotopic (exact) mass is 629 g/mol. The van der Waals surface area contributed by atoms with Crippen molar-refractivity contribution in [3.8, 4) is 0 Å². The van der Waals surface area contributed by atoms with Gasteiger partial charge in [0.2, 0.25) is 10.0 Å². The number of allylic oxidation sites excluding steroid dienone is 3. The summed E-state index contributed by atoms with van der Waals surface area (Å²) in [5.74, 6) is -2.75. The minimum Gasteiger partial charge on any atom is -0.459 e. The molecule has 2 aliphatic rings. The first-order valence-corrected chi connectivity index (χ1v) is 16.4. The predicted molar refractivity (Wildman–Crippen MR) is 151 cm³/mol. The van der Waals surface area contributed by atoms with Crippen molar-refractivity contribution in [2.45, 2.75) is 56.2 Å². The van der Waals surface area contributed by atoms with Crippen molar-refractivity contribution in [3.05, 3.63) is 54.1 Å². The molecule has 2 N–H and O–H groups in total. The number of esters is 1. The van der Waals surface area contributed by atoms with Gasteiger partial charge in [0.25, 0.3) is 0 Å². The lowest BCUT2D eigenvalue weighted by molar-refractivity contribution is -0.157. The standard InChI is InChI=1S/C27H36FN3O9S2/c1-26(2,3)40-24(33)21(30-42(37,38)20-8-6-18(28)7-9-20)16-27(23(32)22-17-41(35,36)15-14-29-22)12-10-19(11-13-27)39-25(34)31(4)5/h6-12,21-22,29-30H,13-17H2,1-5H3/t21-,22?,27?/m0/s1. The Labute approximate surface area is 245 Å². The van der Waals surface area contributed by atoms with Crippen molar-refractivity contribution in [2.75, 3.05) is 32.1 Å². The summed E-state index contributed by atoms with van der Waals surface area (Å²) in [5.41, 5.74) is -2.63. The number of halogens is 1. The Morgan fingerprint density at radius 1 is 1.19 bits per heavy atom. The number of Topliss-reactive ketones (excluding diaryl/α,β-unsaturated/α-hetero) is 1. The van der Waals surface area contributed by atoms with Crippen LogP contribution in [0.3, 0.4) is 0 Å². The number of sulfonamides is 1. The summed E-state index contributed by atoms with van der Waals surface area (Å²) in [6, 6.07) is 1.19. The van der Waals surface area contributed by atoms with Gasteiger partial charge in [-0.25, -0.2) is 26.0 Å². The summed E-state index contributed by atoms with van der Waals surface area (Å²) in [4.78, 5) is 40.3. The quantitative estimate of drug-likeness (QED) is 0.384. The number of sulfone groups is 1. The third kappa shape index (κ3) is 8.69. The molecule has 12 nitrogen and oxygen atoms in total. The molecule has 0 saturated carbocycles. The fourth-order valence-corrected chi connectivity index (χ4v) is 7.00. The Bertz CT molecular complexity index is 1480. The van der Waals surface area contributed by atoms with E-state index in [4.69, 9.17) is 9.47 Å². The Balaban J connectivity index is 2.03. The van der Waals surface area contributed by atoms with Crippen molar-refractivity contribution in [2.24, 2.45) is 5.41 Å². The average molecular weight is 630 g/mol. The molecule has 1 aromatic carbocycles. The lowest BCUT2D eigenvalue weighted by Crippen LogP contribution is -2.56. The topological polar surface area (TPSA) is 165 Å². The van der Waals surface area contributed by atoms with Crippen molar-refractivity contribution < 1.29 is 45.1 Å². The van der Waals surface area contributed by atoms with Gasteiger partial charge in [-0.15, -0.1) is 0 Å². The highest BCUT2D eigenvalue weighted by molar-refractivity contribution is 7.91. The molecule has 0 spiro atoms. The van der Waals surface area contributed by atoms with Gasteiger partial charge in [-0.1, -0.05) is 6.08 Å². The summed E-state index contributed by atoms with van der Waals surface area (Å²) in [7, 11) is -5.00. The van der Waals surface area contributed by atoms with Gasteiger partial charge in [-0.3, -0.25) is 9.59 Å². The van der Waals surface area contributed by atoms with Crippen LogP contribution in [0.5, 0.6) is 0 Å². The van der Waals surface area contributed by atoms with E-state index in [1.807, 2.05) is 0 Å². The van der Waals surface area contributed by atoms with Crippen molar-refractivity contribution in [3.63, 3.8) is 0 Å². The highest BCUT2D eigenvalue weighted by Gasteiger charge is 2.47. The van der Waals surface area contributed by atoms with Crippen LogP contribution in [0.15, 0.2) is 53.1 Å². The van der Waals surface area contributed by atoms with Gasteiger partial charge < -0.3 is 19.7 Å². The number of benzene rings is 1. The maximum atomic E-state index is 14.0. The Morgan fingerprint density at radius 3 is 2.36 bits per heavy atom. The Morgan fingerprint density at radius 2 is 1.83 bits per heavy atom. The number of ether oxygens (including phenoxy) is 2. The molecule has 1 aliphatic carbocycles. The zero-order valence-electron chi connectivity index (χ0n) is 24.0. The SMILES string of the molecule is CN(C)C(=O)OC1=CCC(C[C@H](NS(=O)(=O)c2ccc(F)cc2)C(=O)OC(C)(C)C)(C(=O)C2CS(=O)(=O)CCN2)C=C1. The van der Waals surface area contributed by atoms with Crippen LogP contribution >= 0.6 is 0 Å². The van der Waals surface area contributed by atoms with E-state index in [9.17, 15) is 35.6 Å². The smallest absolute Gasteiger partial charge is 0.414 e. The lowest BCUT2D eigenvalue weighted by Gasteiger charge is -2.37. The molecule has 1 saturated heterocycles. The molecule has 3 rings (SSSR count). The van der Waals surface area contributed by atoms with Gasteiger partial charge in [0.05, 0.1) is 27.9 Å². The van der Waals surface area contributed by atoms with E-state index < -0.39 is 78.8 Å². The maximum Gasteiger partial charge on any atom is 0.414 e. The van der Waals surface area contributed by atoms with Crippen molar-refractivity contribution >= 4 is 37.7 Å². The van der Waals surface area contributed by atoms with Crippen LogP contribution in [0.25, 0.3) is 0 Å². The second kappa shape index (κ2) is 12.6. The molecule has 1 heterocycles.